The number of rotatable bonds is 1. The van der Waals surface area contributed by atoms with Crippen molar-refractivity contribution in [2.75, 3.05) is 5.73 Å². The molecule has 0 unspecified atom stereocenters. The lowest BCUT2D eigenvalue weighted by Gasteiger charge is -2.04. The zero-order valence-corrected chi connectivity index (χ0v) is 10.1. The molecule has 0 saturated heterocycles. The molecule has 0 saturated carbocycles. The van der Waals surface area contributed by atoms with Crippen molar-refractivity contribution in [3.8, 4) is 5.69 Å². The molecule has 7 heteroatoms. The molecule has 1 aliphatic rings. The molecule has 2 heterocycles. The summed E-state index contributed by atoms with van der Waals surface area (Å²) in [5, 5.41) is 4.11. The van der Waals surface area contributed by atoms with E-state index in [0.29, 0.717) is 16.9 Å². The van der Waals surface area contributed by atoms with Crippen molar-refractivity contribution in [2.24, 2.45) is 0 Å². The summed E-state index contributed by atoms with van der Waals surface area (Å²) >= 11 is 0. The molecule has 0 radical (unpaired) electrons. The first-order valence-electron chi connectivity index (χ1n) is 5.29. The van der Waals surface area contributed by atoms with Gasteiger partial charge in [0.15, 0.2) is 9.84 Å². The molecule has 5 nitrogen and oxygen atoms in total. The number of nitrogens with zero attached hydrogens (tertiary/aromatic N) is 2. The number of aromatic nitrogens is 2. The van der Waals surface area contributed by atoms with Gasteiger partial charge in [0, 0.05) is 5.56 Å². The van der Waals surface area contributed by atoms with E-state index in [-0.39, 0.29) is 23.1 Å². The van der Waals surface area contributed by atoms with E-state index in [0.717, 1.165) is 0 Å². The third-order valence-electron chi connectivity index (χ3n) is 2.91. The molecule has 2 aromatic rings. The Morgan fingerprint density at radius 2 is 1.89 bits per heavy atom. The Morgan fingerprint density at radius 3 is 2.56 bits per heavy atom. The van der Waals surface area contributed by atoms with Crippen LogP contribution >= 0.6 is 0 Å². The van der Waals surface area contributed by atoms with Gasteiger partial charge >= 0.3 is 0 Å². The Morgan fingerprint density at radius 1 is 1.22 bits per heavy atom. The van der Waals surface area contributed by atoms with Crippen molar-refractivity contribution < 1.29 is 12.8 Å². The van der Waals surface area contributed by atoms with Gasteiger partial charge < -0.3 is 5.73 Å². The van der Waals surface area contributed by atoms with Crippen molar-refractivity contribution in [1.82, 2.24) is 9.78 Å². The number of benzene rings is 1. The highest BCUT2D eigenvalue weighted by atomic mass is 32.2. The normalized spacial score (nSPS) is 16.7. The summed E-state index contributed by atoms with van der Waals surface area (Å²) in [5.74, 6) is -0.294. The van der Waals surface area contributed by atoms with Crippen molar-refractivity contribution in [3.63, 3.8) is 0 Å². The maximum Gasteiger partial charge on any atom is 0.160 e. The van der Waals surface area contributed by atoms with E-state index in [9.17, 15) is 12.8 Å². The maximum absolute atomic E-state index is 12.9. The Kier molecular flexibility index (Phi) is 2.21. The fourth-order valence-corrected chi connectivity index (χ4v) is 3.65. The van der Waals surface area contributed by atoms with Crippen LogP contribution in [0.1, 0.15) is 11.3 Å². The molecule has 1 aliphatic heterocycles. The van der Waals surface area contributed by atoms with Gasteiger partial charge in [-0.15, -0.1) is 0 Å². The first kappa shape index (κ1) is 11.2. The number of hydrogen-bond acceptors (Lipinski definition) is 4. The fourth-order valence-electron chi connectivity index (χ4n) is 2.08. The lowest BCUT2D eigenvalue weighted by Crippen LogP contribution is -2.05. The molecule has 0 aliphatic carbocycles. The van der Waals surface area contributed by atoms with Crippen LogP contribution < -0.4 is 5.73 Å². The topological polar surface area (TPSA) is 78.0 Å². The van der Waals surface area contributed by atoms with Crippen LogP contribution in [0.25, 0.3) is 5.69 Å². The minimum Gasteiger partial charge on any atom is -0.382 e. The summed E-state index contributed by atoms with van der Waals surface area (Å²) < 4.78 is 37.5. The number of hydrogen-bond donors (Lipinski definition) is 1. The second-order valence-electron chi connectivity index (χ2n) is 4.23. The Bertz CT molecular complexity index is 719. The minimum absolute atomic E-state index is 0.0740. The third-order valence-corrected chi connectivity index (χ3v) is 4.35. The zero-order chi connectivity index (χ0) is 12.9. The standard InChI is InChI=1S/C11H10FN3O2S/c12-7-1-3-8(4-2-7)15-10-6-18(16,17)5-9(10)11(13)14-15/h1-4H,5-6H2,(H2,13,14). The molecular formula is C11H10FN3O2S. The SMILES string of the molecule is Nc1nn(-c2ccc(F)cc2)c2c1CS(=O)(=O)C2. The van der Waals surface area contributed by atoms with Gasteiger partial charge in [-0.2, -0.15) is 5.10 Å². The van der Waals surface area contributed by atoms with Crippen molar-refractivity contribution >= 4 is 15.7 Å². The van der Waals surface area contributed by atoms with E-state index in [1.165, 1.54) is 28.9 Å². The summed E-state index contributed by atoms with van der Waals surface area (Å²) in [6.45, 7) is 0. The molecule has 1 aromatic heterocycles. The highest BCUT2D eigenvalue weighted by molar-refractivity contribution is 7.90. The lowest BCUT2D eigenvalue weighted by atomic mass is 10.2. The Labute approximate surface area is 103 Å². The van der Waals surface area contributed by atoms with Gasteiger partial charge in [0.1, 0.15) is 11.6 Å². The van der Waals surface area contributed by atoms with Gasteiger partial charge in [-0.3, -0.25) is 0 Å². The van der Waals surface area contributed by atoms with Crippen molar-refractivity contribution in [3.05, 3.63) is 41.3 Å². The van der Waals surface area contributed by atoms with Crippen LogP contribution in [-0.2, 0) is 21.3 Å². The second-order valence-corrected chi connectivity index (χ2v) is 6.30. The van der Waals surface area contributed by atoms with E-state index in [1.54, 1.807) is 0 Å². The first-order valence-corrected chi connectivity index (χ1v) is 7.11. The van der Waals surface area contributed by atoms with E-state index < -0.39 is 9.84 Å². The number of halogens is 1. The van der Waals surface area contributed by atoms with Crippen LogP contribution in [0.4, 0.5) is 10.2 Å². The average Bonchev–Trinajstić information content (AvgIpc) is 2.76. The van der Waals surface area contributed by atoms with Gasteiger partial charge in [0.05, 0.1) is 22.9 Å². The van der Waals surface area contributed by atoms with Crippen molar-refractivity contribution in [2.45, 2.75) is 11.5 Å². The Balaban J connectivity index is 2.16. The van der Waals surface area contributed by atoms with Gasteiger partial charge in [-0.25, -0.2) is 17.5 Å². The molecule has 0 amide bonds. The quantitative estimate of drug-likeness (QED) is 0.836. The van der Waals surface area contributed by atoms with Crippen molar-refractivity contribution in [1.29, 1.82) is 0 Å². The predicted octanol–water partition coefficient (Wildman–Crippen LogP) is 1.02. The number of nitrogen functional groups attached to an aromatic ring is 1. The number of sulfone groups is 1. The van der Waals surface area contributed by atoms with Crippen LogP contribution in [0.3, 0.4) is 0 Å². The smallest absolute Gasteiger partial charge is 0.160 e. The minimum atomic E-state index is -3.14. The molecule has 0 spiro atoms. The van der Waals surface area contributed by atoms with Crippen LogP contribution in [0, 0.1) is 5.82 Å². The van der Waals surface area contributed by atoms with E-state index in [2.05, 4.69) is 5.10 Å². The average molecular weight is 267 g/mol. The number of fused-ring (bicyclic) bond motifs is 1. The predicted molar refractivity (Wildman–Crippen MR) is 64.3 cm³/mol. The summed E-state index contributed by atoms with van der Waals surface area (Å²) in [6.07, 6.45) is 0. The van der Waals surface area contributed by atoms with E-state index >= 15 is 0 Å². The zero-order valence-electron chi connectivity index (χ0n) is 9.30. The number of anilines is 1. The summed E-state index contributed by atoms with van der Waals surface area (Å²) in [6, 6.07) is 5.66. The summed E-state index contributed by atoms with van der Waals surface area (Å²) in [4.78, 5) is 0. The summed E-state index contributed by atoms with van der Waals surface area (Å²) in [5.41, 5.74) is 7.43. The maximum atomic E-state index is 12.9. The van der Waals surface area contributed by atoms with Crippen LogP contribution in [0.15, 0.2) is 24.3 Å². The number of nitrogens with two attached hydrogens (primary N) is 1. The van der Waals surface area contributed by atoms with Crippen LogP contribution in [-0.4, -0.2) is 18.2 Å². The van der Waals surface area contributed by atoms with Crippen LogP contribution in [0.2, 0.25) is 0 Å². The molecule has 94 valence electrons. The highest BCUT2D eigenvalue weighted by Gasteiger charge is 2.32. The van der Waals surface area contributed by atoms with Gasteiger partial charge in [-0.1, -0.05) is 0 Å². The molecule has 3 rings (SSSR count). The van der Waals surface area contributed by atoms with Gasteiger partial charge in [0.2, 0.25) is 0 Å². The molecule has 1 aromatic carbocycles. The van der Waals surface area contributed by atoms with Gasteiger partial charge in [0.25, 0.3) is 0 Å². The van der Waals surface area contributed by atoms with Crippen LogP contribution in [0.5, 0.6) is 0 Å². The second kappa shape index (κ2) is 3.55. The Hall–Kier alpha value is -1.89. The molecule has 2 N–H and O–H groups in total. The first-order chi connectivity index (χ1) is 8.46. The third kappa shape index (κ3) is 1.67. The molecular weight excluding hydrogens is 257 g/mol. The largest absolute Gasteiger partial charge is 0.382 e. The molecule has 0 atom stereocenters. The van der Waals surface area contributed by atoms with E-state index in [1.807, 2.05) is 0 Å². The summed E-state index contributed by atoms with van der Waals surface area (Å²) in [7, 11) is -3.14. The molecule has 18 heavy (non-hydrogen) atoms. The monoisotopic (exact) mass is 267 g/mol. The van der Waals surface area contributed by atoms with E-state index in [4.69, 9.17) is 5.73 Å². The molecule has 0 fully saturated rings. The molecule has 0 bridgehead atoms. The highest BCUT2D eigenvalue weighted by Crippen LogP contribution is 2.31. The fraction of sp³-hybridized carbons (Fsp3) is 0.182. The lowest BCUT2D eigenvalue weighted by molar-refractivity contribution is 0.596. The van der Waals surface area contributed by atoms with Gasteiger partial charge in [-0.05, 0) is 24.3 Å².